The molecular formula is C12H16N2O5. The maximum absolute atomic E-state index is 11.0. The second-order valence-corrected chi connectivity index (χ2v) is 3.75. The summed E-state index contributed by atoms with van der Waals surface area (Å²) in [5.41, 5.74) is 0.673. The van der Waals surface area contributed by atoms with Gasteiger partial charge in [-0.05, 0) is 13.1 Å². The van der Waals surface area contributed by atoms with Gasteiger partial charge >= 0.3 is 5.97 Å². The summed E-state index contributed by atoms with van der Waals surface area (Å²) in [6, 6.07) is 4.35. The Bertz CT molecular complexity index is 461. The minimum atomic E-state index is -0.461. The van der Waals surface area contributed by atoms with Crippen LogP contribution in [0.15, 0.2) is 18.2 Å². The van der Waals surface area contributed by atoms with Crippen LogP contribution < -0.4 is 10.1 Å². The number of nitro benzene ring substituents is 1. The number of methoxy groups -OCH3 is 1. The van der Waals surface area contributed by atoms with E-state index >= 15 is 0 Å². The summed E-state index contributed by atoms with van der Waals surface area (Å²) in [4.78, 5) is 21.2. The van der Waals surface area contributed by atoms with Gasteiger partial charge in [0, 0.05) is 24.2 Å². The standard InChI is InChI=1S/C12H16N2O5/c1-13-8-9-7-10(14(16)17)3-4-11(9)19-6-5-12(15)18-2/h3-4,7,13H,5-6,8H2,1-2H3. The van der Waals surface area contributed by atoms with Gasteiger partial charge in [-0.1, -0.05) is 0 Å². The lowest BCUT2D eigenvalue weighted by atomic mass is 10.1. The lowest BCUT2D eigenvalue weighted by molar-refractivity contribution is -0.384. The van der Waals surface area contributed by atoms with E-state index in [9.17, 15) is 14.9 Å². The molecule has 1 rings (SSSR count). The van der Waals surface area contributed by atoms with Gasteiger partial charge in [0.1, 0.15) is 5.75 Å². The SMILES string of the molecule is CNCc1cc([N+](=O)[O-])ccc1OCCC(=O)OC. The number of esters is 1. The normalized spacial score (nSPS) is 10.0. The van der Waals surface area contributed by atoms with Crippen molar-refractivity contribution < 1.29 is 19.2 Å². The number of nitrogens with one attached hydrogen (secondary N) is 1. The summed E-state index contributed by atoms with van der Waals surface area (Å²) in [5.74, 6) is 0.154. The van der Waals surface area contributed by atoms with Crippen molar-refractivity contribution in [2.45, 2.75) is 13.0 Å². The van der Waals surface area contributed by atoms with Crippen molar-refractivity contribution in [1.82, 2.24) is 5.32 Å². The van der Waals surface area contributed by atoms with E-state index in [2.05, 4.69) is 10.1 Å². The number of carbonyl (C=O) groups is 1. The number of ether oxygens (including phenoxy) is 2. The van der Waals surface area contributed by atoms with Gasteiger partial charge in [-0.3, -0.25) is 14.9 Å². The fourth-order valence-electron chi connectivity index (χ4n) is 1.50. The Morgan fingerprint density at radius 2 is 2.21 bits per heavy atom. The molecule has 0 aliphatic rings. The first-order chi connectivity index (χ1) is 9.08. The Labute approximate surface area is 110 Å². The van der Waals surface area contributed by atoms with Crippen molar-refractivity contribution in [1.29, 1.82) is 0 Å². The third kappa shape index (κ3) is 4.55. The van der Waals surface area contributed by atoms with Crippen molar-refractivity contribution in [2.75, 3.05) is 20.8 Å². The zero-order valence-electron chi connectivity index (χ0n) is 10.8. The van der Waals surface area contributed by atoms with Crippen molar-refractivity contribution in [3.05, 3.63) is 33.9 Å². The molecule has 0 saturated heterocycles. The molecule has 104 valence electrons. The molecule has 1 aromatic rings. The highest BCUT2D eigenvalue weighted by Crippen LogP contribution is 2.24. The molecule has 0 radical (unpaired) electrons. The van der Waals surface area contributed by atoms with Gasteiger partial charge in [0.25, 0.3) is 5.69 Å². The number of benzene rings is 1. The number of hydrogen-bond acceptors (Lipinski definition) is 6. The van der Waals surface area contributed by atoms with Crippen molar-refractivity contribution in [2.24, 2.45) is 0 Å². The molecular weight excluding hydrogens is 252 g/mol. The van der Waals surface area contributed by atoms with Crippen LogP contribution in [0.3, 0.4) is 0 Å². The zero-order chi connectivity index (χ0) is 14.3. The lowest BCUT2D eigenvalue weighted by Gasteiger charge is -2.10. The lowest BCUT2D eigenvalue weighted by Crippen LogP contribution is -2.11. The second kappa shape index (κ2) is 7.32. The monoisotopic (exact) mass is 268 g/mol. The van der Waals surface area contributed by atoms with Crippen LogP contribution in [0.25, 0.3) is 0 Å². The molecule has 19 heavy (non-hydrogen) atoms. The summed E-state index contributed by atoms with van der Waals surface area (Å²) < 4.78 is 9.93. The topological polar surface area (TPSA) is 90.7 Å². The van der Waals surface area contributed by atoms with Gasteiger partial charge in [-0.25, -0.2) is 0 Å². The summed E-state index contributed by atoms with van der Waals surface area (Å²) in [5, 5.41) is 13.6. The van der Waals surface area contributed by atoms with E-state index in [1.807, 2.05) is 0 Å². The van der Waals surface area contributed by atoms with Crippen LogP contribution in [-0.4, -0.2) is 31.7 Å². The number of rotatable bonds is 7. The molecule has 0 amide bonds. The molecule has 0 atom stereocenters. The van der Waals surface area contributed by atoms with Crippen LogP contribution in [0.2, 0.25) is 0 Å². The Morgan fingerprint density at radius 3 is 2.79 bits per heavy atom. The van der Waals surface area contributed by atoms with Crippen molar-refractivity contribution >= 4 is 11.7 Å². The predicted octanol–water partition coefficient (Wildman–Crippen LogP) is 1.26. The van der Waals surface area contributed by atoms with Gasteiger partial charge < -0.3 is 14.8 Å². The van der Waals surface area contributed by atoms with Crippen LogP contribution in [-0.2, 0) is 16.1 Å². The van der Waals surface area contributed by atoms with Crippen molar-refractivity contribution in [3.8, 4) is 5.75 Å². The Hall–Kier alpha value is -2.15. The molecule has 7 nitrogen and oxygen atoms in total. The number of nitro groups is 1. The maximum atomic E-state index is 11.0. The highest BCUT2D eigenvalue weighted by Gasteiger charge is 2.11. The van der Waals surface area contributed by atoms with Crippen LogP contribution >= 0.6 is 0 Å². The molecule has 0 fully saturated rings. The Kier molecular flexibility index (Phi) is 5.74. The third-order valence-electron chi connectivity index (χ3n) is 2.41. The first-order valence-electron chi connectivity index (χ1n) is 5.70. The maximum Gasteiger partial charge on any atom is 0.308 e. The third-order valence-corrected chi connectivity index (χ3v) is 2.41. The molecule has 0 aliphatic heterocycles. The highest BCUT2D eigenvalue weighted by atomic mass is 16.6. The smallest absolute Gasteiger partial charge is 0.308 e. The van der Waals surface area contributed by atoms with Crippen molar-refractivity contribution in [3.63, 3.8) is 0 Å². The molecule has 0 unspecified atom stereocenters. The Morgan fingerprint density at radius 1 is 1.47 bits per heavy atom. The quantitative estimate of drug-likeness (QED) is 0.454. The van der Waals surface area contributed by atoms with Crippen LogP contribution in [0.4, 0.5) is 5.69 Å². The minimum absolute atomic E-state index is 0.00516. The first kappa shape index (κ1) is 14.9. The molecule has 7 heteroatoms. The summed E-state index contributed by atoms with van der Waals surface area (Å²) in [7, 11) is 3.04. The van der Waals surface area contributed by atoms with Crippen LogP contribution in [0, 0.1) is 10.1 Å². The average Bonchev–Trinajstić information content (AvgIpc) is 2.40. The largest absolute Gasteiger partial charge is 0.493 e. The number of non-ortho nitro benzene ring substituents is 1. The van der Waals surface area contributed by atoms with E-state index in [4.69, 9.17) is 4.74 Å². The van der Waals surface area contributed by atoms with E-state index in [1.54, 1.807) is 7.05 Å². The summed E-state index contributed by atoms with van der Waals surface area (Å²) in [6.45, 7) is 0.608. The predicted molar refractivity (Wildman–Crippen MR) is 68.0 cm³/mol. The van der Waals surface area contributed by atoms with Gasteiger partial charge in [0.2, 0.25) is 0 Å². The van der Waals surface area contributed by atoms with Gasteiger partial charge in [-0.15, -0.1) is 0 Å². The van der Waals surface area contributed by atoms with E-state index in [0.29, 0.717) is 17.9 Å². The van der Waals surface area contributed by atoms with E-state index in [0.717, 1.165) is 0 Å². The van der Waals surface area contributed by atoms with Gasteiger partial charge in [0.15, 0.2) is 0 Å². The van der Waals surface area contributed by atoms with Gasteiger partial charge in [-0.2, -0.15) is 0 Å². The first-order valence-corrected chi connectivity index (χ1v) is 5.70. The number of hydrogen-bond donors (Lipinski definition) is 1. The van der Waals surface area contributed by atoms with Crippen LogP contribution in [0.1, 0.15) is 12.0 Å². The molecule has 0 aromatic heterocycles. The van der Waals surface area contributed by atoms with E-state index in [1.165, 1.54) is 25.3 Å². The highest BCUT2D eigenvalue weighted by molar-refractivity contribution is 5.69. The molecule has 0 heterocycles. The molecule has 1 N–H and O–H groups in total. The van der Waals surface area contributed by atoms with E-state index < -0.39 is 4.92 Å². The van der Waals surface area contributed by atoms with E-state index in [-0.39, 0.29) is 24.7 Å². The molecule has 0 saturated carbocycles. The molecule has 1 aromatic carbocycles. The second-order valence-electron chi connectivity index (χ2n) is 3.75. The fraction of sp³-hybridized carbons (Fsp3) is 0.417. The number of carbonyl (C=O) groups excluding carboxylic acids is 1. The zero-order valence-corrected chi connectivity index (χ0v) is 10.8. The minimum Gasteiger partial charge on any atom is -0.493 e. The van der Waals surface area contributed by atoms with Gasteiger partial charge in [0.05, 0.1) is 25.1 Å². The Balaban J connectivity index is 2.75. The summed E-state index contributed by atoms with van der Waals surface area (Å²) >= 11 is 0. The van der Waals surface area contributed by atoms with Crippen LogP contribution in [0.5, 0.6) is 5.75 Å². The molecule has 0 aliphatic carbocycles. The number of nitrogens with zero attached hydrogens (tertiary/aromatic N) is 1. The average molecular weight is 268 g/mol. The summed E-state index contributed by atoms with van der Waals surface area (Å²) in [6.07, 6.45) is 0.131. The fourth-order valence-corrected chi connectivity index (χ4v) is 1.50. The molecule has 0 bridgehead atoms. The molecule has 0 spiro atoms.